The van der Waals surface area contributed by atoms with Gasteiger partial charge in [-0.2, -0.15) is 0 Å². The van der Waals surface area contributed by atoms with Crippen LogP contribution in [0.15, 0.2) is 30.3 Å². The van der Waals surface area contributed by atoms with Gasteiger partial charge in [-0.1, -0.05) is 32.6 Å². The van der Waals surface area contributed by atoms with E-state index in [2.05, 4.69) is 4.98 Å². The van der Waals surface area contributed by atoms with Crippen molar-refractivity contribution in [1.29, 1.82) is 0 Å². The van der Waals surface area contributed by atoms with Crippen LogP contribution < -0.4 is 0 Å². The number of carbonyl (C=O) groups excluding carboxylic acids is 1. The molecule has 0 unspecified atom stereocenters. The molecule has 1 aromatic heterocycles. The van der Waals surface area contributed by atoms with Gasteiger partial charge in [0.05, 0.1) is 17.6 Å². The summed E-state index contributed by atoms with van der Waals surface area (Å²) in [5.74, 6) is -4.68. The molecule has 0 saturated heterocycles. The largest absolute Gasteiger partial charge is 0.331 e. The fourth-order valence-electron chi connectivity index (χ4n) is 4.66. The van der Waals surface area contributed by atoms with E-state index in [1.165, 1.54) is 17.0 Å². The number of rotatable bonds is 8. The molecule has 0 N–H and O–H groups in total. The molecule has 3 aromatic rings. The monoisotopic (exact) mass is 461 g/mol. The second kappa shape index (κ2) is 9.93. The lowest BCUT2D eigenvalue weighted by Gasteiger charge is -2.25. The Morgan fingerprint density at radius 1 is 1.06 bits per heavy atom. The van der Waals surface area contributed by atoms with Crippen LogP contribution in [-0.4, -0.2) is 26.9 Å². The SMILES string of the molecule is CCCCCN(Cc1nc2cc(F)ccc2n1C1CCCC1)C(=O)c1c(F)ccc(F)c1F. The molecular formula is C25H27F4N3O. The Labute approximate surface area is 190 Å². The Morgan fingerprint density at radius 2 is 1.79 bits per heavy atom. The average molecular weight is 462 g/mol. The van der Waals surface area contributed by atoms with Crippen molar-refractivity contribution in [3.63, 3.8) is 0 Å². The second-order valence-electron chi connectivity index (χ2n) is 8.62. The number of hydrogen-bond acceptors (Lipinski definition) is 2. The molecule has 0 spiro atoms. The third kappa shape index (κ3) is 4.75. The minimum absolute atomic E-state index is 0.00919. The van der Waals surface area contributed by atoms with E-state index in [1.807, 2.05) is 11.5 Å². The molecule has 33 heavy (non-hydrogen) atoms. The van der Waals surface area contributed by atoms with E-state index in [4.69, 9.17) is 0 Å². The normalized spacial score (nSPS) is 14.3. The molecule has 8 heteroatoms. The maximum atomic E-state index is 14.4. The molecule has 0 aliphatic heterocycles. The van der Waals surface area contributed by atoms with Gasteiger partial charge in [-0.3, -0.25) is 4.79 Å². The number of unbranched alkanes of at least 4 members (excludes halogenated alkanes) is 2. The van der Waals surface area contributed by atoms with Crippen LogP contribution in [0.5, 0.6) is 0 Å². The fourth-order valence-corrected chi connectivity index (χ4v) is 4.66. The maximum Gasteiger partial charge on any atom is 0.260 e. The summed E-state index contributed by atoms with van der Waals surface area (Å²) in [5, 5.41) is 0. The number of fused-ring (bicyclic) bond motifs is 1. The van der Waals surface area contributed by atoms with Gasteiger partial charge in [-0.15, -0.1) is 0 Å². The number of halogens is 4. The molecule has 0 radical (unpaired) electrons. The standard InChI is InChI=1S/C25H27F4N3O/c1-2-3-6-13-31(25(33)23-18(27)10-11-19(28)24(23)29)15-22-30-20-14-16(26)9-12-21(20)32(22)17-7-4-5-8-17/h9-12,14,17H,2-8,13,15H2,1H3. The van der Waals surface area contributed by atoms with Crippen molar-refractivity contribution in [2.45, 2.75) is 64.5 Å². The summed E-state index contributed by atoms with van der Waals surface area (Å²) in [7, 11) is 0. The van der Waals surface area contributed by atoms with Crippen LogP contribution in [0.3, 0.4) is 0 Å². The number of aromatic nitrogens is 2. The van der Waals surface area contributed by atoms with Gasteiger partial charge in [0.1, 0.15) is 23.0 Å². The van der Waals surface area contributed by atoms with Gasteiger partial charge in [0.2, 0.25) is 0 Å². The number of amides is 1. The topological polar surface area (TPSA) is 38.1 Å². The summed E-state index contributed by atoms with van der Waals surface area (Å²) in [6.45, 7) is 2.24. The summed E-state index contributed by atoms with van der Waals surface area (Å²) in [6.07, 6.45) is 6.33. The van der Waals surface area contributed by atoms with Crippen molar-refractivity contribution in [3.05, 3.63) is 65.0 Å². The number of carbonyl (C=O) groups is 1. The van der Waals surface area contributed by atoms with E-state index >= 15 is 0 Å². The van der Waals surface area contributed by atoms with Crippen molar-refractivity contribution >= 4 is 16.9 Å². The van der Waals surface area contributed by atoms with Gasteiger partial charge in [0.25, 0.3) is 5.91 Å². The summed E-state index contributed by atoms with van der Waals surface area (Å²) in [4.78, 5) is 19.1. The molecule has 1 aliphatic rings. The number of nitrogens with zero attached hydrogens (tertiary/aromatic N) is 3. The van der Waals surface area contributed by atoms with Gasteiger partial charge in [-0.05, 0) is 43.5 Å². The van der Waals surface area contributed by atoms with E-state index < -0.39 is 34.7 Å². The molecule has 1 fully saturated rings. The van der Waals surface area contributed by atoms with Crippen molar-refractivity contribution in [2.24, 2.45) is 0 Å². The Kier molecular flexibility index (Phi) is 7.00. The van der Waals surface area contributed by atoms with Gasteiger partial charge in [0, 0.05) is 18.7 Å². The Bertz CT molecular complexity index is 1150. The van der Waals surface area contributed by atoms with E-state index in [9.17, 15) is 22.4 Å². The summed E-state index contributed by atoms with van der Waals surface area (Å²) in [5.41, 5.74) is 0.337. The van der Waals surface area contributed by atoms with Crippen molar-refractivity contribution in [3.8, 4) is 0 Å². The molecule has 1 heterocycles. The van der Waals surface area contributed by atoms with E-state index in [1.54, 1.807) is 6.07 Å². The minimum atomic E-state index is -1.49. The van der Waals surface area contributed by atoms with E-state index in [-0.39, 0.29) is 19.1 Å². The van der Waals surface area contributed by atoms with Crippen LogP contribution >= 0.6 is 0 Å². The molecule has 176 valence electrons. The quantitative estimate of drug-likeness (QED) is 0.217. The zero-order valence-electron chi connectivity index (χ0n) is 18.6. The third-order valence-corrected chi connectivity index (χ3v) is 6.32. The van der Waals surface area contributed by atoms with Gasteiger partial charge < -0.3 is 9.47 Å². The highest BCUT2D eigenvalue weighted by molar-refractivity contribution is 5.94. The number of imidazole rings is 1. The first-order valence-corrected chi connectivity index (χ1v) is 11.5. The highest BCUT2D eigenvalue weighted by Crippen LogP contribution is 2.34. The average Bonchev–Trinajstić information content (AvgIpc) is 3.43. The molecule has 0 atom stereocenters. The van der Waals surface area contributed by atoms with Crippen molar-refractivity contribution < 1.29 is 22.4 Å². The Hall–Kier alpha value is -2.90. The molecular weight excluding hydrogens is 434 g/mol. The second-order valence-corrected chi connectivity index (χ2v) is 8.62. The van der Waals surface area contributed by atoms with Crippen LogP contribution in [0.1, 0.15) is 74.1 Å². The third-order valence-electron chi connectivity index (χ3n) is 6.32. The number of hydrogen-bond donors (Lipinski definition) is 0. The molecule has 1 amide bonds. The number of benzene rings is 2. The first kappa shape index (κ1) is 23.3. The first-order chi connectivity index (χ1) is 15.9. The highest BCUT2D eigenvalue weighted by atomic mass is 19.2. The molecule has 4 nitrogen and oxygen atoms in total. The van der Waals surface area contributed by atoms with Crippen LogP contribution in [0.25, 0.3) is 11.0 Å². The predicted octanol–water partition coefficient (Wildman–Crippen LogP) is 6.54. The van der Waals surface area contributed by atoms with Crippen LogP contribution in [0, 0.1) is 23.3 Å². The molecule has 0 bridgehead atoms. The van der Waals surface area contributed by atoms with Crippen LogP contribution in [0.4, 0.5) is 17.6 Å². The molecule has 4 rings (SSSR count). The Balaban J connectivity index is 1.74. The van der Waals surface area contributed by atoms with E-state index in [0.29, 0.717) is 23.8 Å². The van der Waals surface area contributed by atoms with Crippen LogP contribution in [0.2, 0.25) is 0 Å². The van der Waals surface area contributed by atoms with E-state index in [0.717, 1.165) is 50.1 Å². The zero-order chi connectivity index (χ0) is 23.5. The summed E-state index contributed by atoms with van der Waals surface area (Å²) >= 11 is 0. The minimum Gasteiger partial charge on any atom is -0.331 e. The van der Waals surface area contributed by atoms with Crippen molar-refractivity contribution in [2.75, 3.05) is 6.54 Å². The van der Waals surface area contributed by atoms with Gasteiger partial charge in [-0.25, -0.2) is 22.5 Å². The zero-order valence-corrected chi connectivity index (χ0v) is 18.6. The molecule has 2 aromatic carbocycles. The fraction of sp³-hybridized carbons (Fsp3) is 0.440. The van der Waals surface area contributed by atoms with Crippen molar-refractivity contribution in [1.82, 2.24) is 14.5 Å². The lowest BCUT2D eigenvalue weighted by molar-refractivity contribution is 0.0722. The lowest BCUT2D eigenvalue weighted by Crippen LogP contribution is -2.34. The predicted molar refractivity (Wildman–Crippen MR) is 118 cm³/mol. The maximum absolute atomic E-state index is 14.4. The highest BCUT2D eigenvalue weighted by Gasteiger charge is 2.29. The Morgan fingerprint density at radius 3 is 2.52 bits per heavy atom. The first-order valence-electron chi connectivity index (χ1n) is 11.5. The van der Waals surface area contributed by atoms with Gasteiger partial charge >= 0.3 is 0 Å². The summed E-state index contributed by atoms with van der Waals surface area (Å²) in [6, 6.07) is 5.98. The smallest absolute Gasteiger partial charge is 0.260 e. The van der Waals surface area contributed by atoms with Crippen LogP contribution in [-0.2, 0) is 6.54 Å². The molecule has 1 saturated carbocycles. The summed E-state index contributed by atoms with van der Waals surface area (Å²) < 4.78 is 58.5. The lowest BCUT2D eigenvalue weighted by atomic mass is 10.1. The molecule has 1 aliphatic carbocycles. The van der Waals surface area contributed by atoms with Gasteiger partial charge in [0.15, 0.2) is 11.6 Å².